The number of hydrogen-bond donors (Lipinski definition) is 3. The zero-order chi connectivity index (χ0) is 24.5. The van der Waals surface area contributed by atoms with Crippen molar-refractivity contribution in [3.63, 3.8) is 0 Å². The van der Waals surface area contributed by atoms with Crippen molar-refractivity contribution < 1.29 is 24.5 Å². The summed E-state index contributed by atoms with van der Waals surface area (Å²) in [6.45, 7) is 0.551. The van der Waals surface area contributed by atoms with E-state index in [1.807, 2.05) is 48.5 Å². The highest BCUT2D eigenvalue weighted by Crippen LogP contribution is 2.38. The van der Waals surface area contributed by atoms with Gasteiger partial charge in [0.1, 0.15) is 0 Å². The Kier molecular flexibility index (Phi) is 9.28. The summed E-state index contributed by atoms with van der Waals surface area (Å²) >= 11 is 1.66. The molecule has 3 unspecified atom stereocenters. The average molecular weight is 495 g/mol. The number of aliphatic hydroxyl groups is 2. The van der Waals surface area contributed by atoms with Crippen LogP contribution in [0.4, 0.5) is 0 Å². The summed E-state index contributed by atoms with van der Waals surface area (Å²) in [7, 11) is 0. The number of benzene rings is 2. The Hall–Kier alpha value is -2.75. The summed E-state index contributed by atoms with van der Waals surface area (Å²) in [6, 6.07) is 19.1. The Morgan fingerprint density at radius 2 is 1.74 bits per heavy atom. The standard InChI is InChI=1S/C27H30N2O5S/c30-12-13-35-18-24-14-25(21-7-5-20(17-31)6-8-21)34-27(33-24)22-9-3-19(4-10-22)15-29-26(32)23-2-1-11-28-16-23/h1-11,16,24-25,27,30-31H,12-15,17-18H2,(H,29,32). The van der Waals surface area contributed by atoms with Crippen LogP contribution in [0.2, 0.25) is 0 Å². The SMILES string of the molecule is O=C(NCc1ccc(C2OC(CSCCO)CC(c3ccc(CO)cc3)O2)cc1)c1cccnc1. The first-order valence-electron chi connectivity index (χ1n) is 11.6. The topological polar surface area (TPSA) is 101 Å². The maximum atomic E-state index is 12.3. The number of hydrogen-bond acceptors (Lipinski definition) is 7. The zero-order valence-corrected chi connectivity index (χ0v) is 20.2. The quantitative estimate of drug-likeness (QED) is 0.369. The van der Waals surface area contributed by atoms with Gasteiger partial charge in [0, 0.05) is 42.4 Å². The molecule has 2 aromatic carbocycles. The van der Waals surface area contributed by atoms with Crippen LogP contribution >= 0.6 is 11.8 Å². The van der Waals surface area contributed by atoms with Crippen LogP contribution in [0.15, 0.2) is 73.1 Å². The molecule has 1 aliphatic heterocycles. The predicted molar refractivity (Wildman–Crippen MR) is 135 cm³/mol. The predicted octanol–water partition coefficient (Wildman–Crippen LogP) is 3.77. The van der Waals surface area contributed by atoms with E-state index in [1.165, 1.54) is 0 Å². The Balaban J connectivity index is 1.42. The van der Waals surface area contributed by atoms with Crippen LogP contribution in [0.3, 0.4) is 0 Å². The molecule has 0 radical (unpaired) electrons. The van der Waals surface area contributed by atoms with E-state index in [-0.39, 0.29) is 31.3 Å². The van der Waals surface area contributed by atoms with Crippen molar-refractivity contribution in [1.82, 2.24) is 10.3 Å². The maximum absolute atomic E-state index is 12.3. The van der Waals surface area contributed by atoms with E-state index in [4.69, 9.17) is 14.6 Å². The van der Waals surface area contributed by atoms with Crippen molar-refractivity contribution in [3.05, 3.63) is 101 Å². The molecular weight excluding hydrogens is 464 g/mol. The van der Waals surface area contributed by atoms with Crippen LogP contribution in [0, 0.1) is 0 Å². The van der Waals surface area contributed by atoms with Crippen molar-refractivity contribution >= 4 is 17.7 Å². The van der Waals surface area contributed by atoms with Crippen LogP contribution in [-0.2, 0) is 22.6 Å². The minimum absolute atomic E-state index is 0.00695. The number of carbonyl (C=O) groups excluding carboxylic acids is 1. The number of rotatable bonds is 10. The number of aliphatic hydroxyl groups excluding tert-OH is 2. The Morgan fingerprint density at radius 3 is 2.43 bits per heavy atom. The highest BCUT2D eigenvalue weighted by molar-refractivity contribution is 7.99. The summed E-state index contributed by atoms with van der Waals surface area (Å²) in [4.78, 5) is 16.2. The van der Waals surface area contributed by atoms with Crippen molar-refractivity contribution in [1.29, 1.82) is 0 Å². The molecule has 7 nitrogen and oxygen atoms in total. The van der Waals surface area contributed by atoms with Gasteiger partial charge in [-0.05, 0) is 28.8 Å². The smallest absolute Gasteiger partial charge is 0.253 e. The molecule has 3 atom stereocenters. The Morgan fingerprint density at radius 1 is 1.00 bits per heavy atom. The second-order valence-electron chi connectivity index (χ2n) is 8.31. The number of thioether (sulfide) groups is 1. The van der Waals surface area contributed by atoms with Gasteiger partial charge in [-0.2, -0.15) is 11.8 Å². The molecule has 0 saturated carbocycles. The molecule has 184 valence electrons. The molecule has 35 heavy (non-hydrogen) atoms. The van der Waals surface area contributed by atoms with Crippen LogP contribution < -0.4 is 5.32 Å². The van der Waals surface area contributed by atoms with E-state index in [1.54, 1.807) is 36.3 Å². The van der Waals surface area contributed by atoms with Gasteiger partial charge in [-0.25, -0.2) is 0 Å². The molecule has 0 aliphatic carbocycles. The van der Waals surface area contributed by atoms with Crippen LogP contribution in [-0.4, -0.2) is 45.3 Å². The lowest BCUT2D eigenvalue weighted by Crippen LogP contribution is -2.31. The summed E-state index contributed by atoms with van der Waals surface area (Å²) in [6.07, 6.45) is 3.21. The molecule has 1 aromatic heterocycles. The van der Waals surface area contributed by atoms with Gasteiger partial charge in [-0.1, -0.05) is 48.5 Å². The molecule has 1 amide bonds. The first kappa shape index (κ1) is 25.3. The average Bonchev–Trinajstić information content (AvgIpc) is 2.92. The van der Waals surface area contributed by atoms with Gasteiger partial charge in [0.2, 0.25) is 0 Å². The molecule has 2 heterocycles. The third-order valence-electron chi connectivity index (χ3n) is 5.78. The van der Waals surface area contributed by atoms with Crippen molar-refractivity contribution in [2.75, 3.05) is 18.1 Å². The molecule has 0 spiro atoms. The highest BCUT2D eigenvalue weighted by Gasteiger charge is 2.32. The van der Waals surface area contributed by atoms with E-state index in [2.05, 4.69) is 10.3 Å². The third kappa shape index (κ3) is 7.13. The van der Waals surface area contributed by atoms with E-state index in [9.17, 15) is 9.90 Å². The first-order valence-corrected chi connectivity index (χ1v) is 12.8. The number of amides is 1. The van der Waals surface area contributed by atoms with Crippen molar-refractivity contribution in [3.8, 4) is 0 Å². The zero-order valence-electron chi connectivity index (χ0n) is 19.4. The van der Waals surface area contributed by atoms with Gasteiger partial charge in [0.15, 0.2) is 6.29 Å². The van der Waals surface area contributed by atoms with Gasteiger partial charge >= 0.3 is 0 Å². The largest absolute Gasteiger partial charge is 0.396 e. The molecule has 1 fully saturated rings. The summed E-state index contributed by atoms with van der Waals surface area (Å²) < 4.78 is 12.6. The fourth-order valence-electron chi connectivity index (χ4n) is 3.88. The van der Waals surface area contributed by atoms with Crippen LogP contribution in [0.5, 0.6) is 0 Å². The second kappa shape index (κ2) is 12.8. The number of nitrogens with zero attached hydrogens (tertiary/aromatic N) is 1. The summed E-state index contributed by atoms with van der Waals surface area (Å²) in [5.41, 5.74) is 4.30. The molecular formula is C27H30N2O5S. The summed E-state index contributed by atoms with van der Waals surface area (Å²) in [5, 5.41) is 21.4. The van der Waals surface area contributed by atoms with E-state index in [0.717, 1.165) is 28.0 Å². The van der Waals surface area contributed by atoms with Gasteiger partial charge in [-0.3, -0.25) is 9.78 Å². The number of carbonyl (C=O) groups is 1. The molecule has 3 N–H and O–H groups in total. The number of ether oxygens (including phenoxy) is 2. The lowest BCUT2D eigenvalue weighted by Gasteiger charge is -2.36. The van der Waals surface area contributed by atoms with Crippen molar-refractivity contribution in [2.45, 2.75) is 38.1 Å². The molecule has 4 rings (SSSR count). The van der Waals surface area contributed by atoms with Crippen molar-refractivity contribution in [2.24, 2.45) is 0 Å². The van der Waals surface area contributed by atoms with Crippen LogP contribution in [0.25, 0.3) is 0 Å². The normalized spacial score (nSPS) is 19.9. The summed E-state index contributed by atoms with van der Waals surface area (Å²) in [5.74, 6) is 1.27. The molecule has 3 aromatic rings. The van der Waals surface area contributed by atoms with Gasteiger partial charge in [0.25, 0.3) is 5.91 Å². The Bertz CT molecular complexity index is 1060. The van der Waals surface area contributed by atoms with E-state index < -0.39 is 6.29 Å². The highest BCUT2D eigenvalue weighted by atomic mass is 32.2. The molecule has 8 heteroatoms. The molecule has 1 aliphatic rings. The Labute approximate surface area is 209 Å². The van der Waals surface area contributed by atoms with E-state index >= 15 is 0 Å². The fraction of sp³-hybridized carbons (Fsp3) is 0.333. The minimum atomic E-state index is -0.523. The minimum Gasteiger partial charge on any atom is -0.396 e. The monoisotopic (exact) mass is 494 g/mol. The second-order valence-corrected chi connectivity index (χ2v) is 9.46. The van der Waals surface area contributed by atoms with Gasteiger partial charge in [0.05, 0.1) is 31.0 Å². The van der Waals surface area contributed by atoms with Gasteiger partial charge in [-0.15, -0.1) is 0 Å². The fourth-order valence-corrected chi connectivity index (χ4v) is 4.65. The lowest BCUT2D eigenvalue weighted by molar-refractivity contribution is -0.245. The number of aromatic nitrogens is 1. The maximum Gasteiger partial charge on any atom is 0.253 e. The van der Waals surface area contributed by atoms with E-state index in [0.29, 0.717) is 24.3 Å². The molecule has 0 bridgehead atoms. The molecule has 1 saturated heterocycles. The third-order valence-corrected chi connectivity index (χ3v) is 6.86. The number of nitrogens with one attached hydrogen (secondary N) is 1. The van der Waals surface area contributed by atoms with Gasteiger partial charge < -0.3 is 25.0 Å². The first-order chi connectivity index (χ1) is 17.2. The lowest BCUT2D eigenvalue weighted by atomic mass is 10.0. The van der Waals surface area contributed by atoms with Crippen LogP contribution in [0.1, 0.15) is 51.4 Å². The number of pyridine rings is 1.